The van der Waals surface area contributed by atoms with Crippen molar-refractivity contribution in [2.75, 3.05) is 5.32 Å². The maximum Gasteiger partial charge on any atom is 0.242 e. The average molecular weight is 625 g/mol. The Hall–Kier alpha value is -3.91. The molecule has 1 saturated heterocycles. The Morgan fingerprint density at radius 2 is 1.88 bits per heavy atom. The molecule has 0 bridgehead atoms. The van der Waals surface area contributed by atoms with Gasteiger partial charge in [0.25, 0.3) is 0 Å². The second kappa shape index (κ2) is 11.6. The molecule has 1 aromatic heterocycles. The number of rotatable bonds is 6. The van der Waals surface area contributed by atoms with Gasteiger partial charge in [0.15, 0.2) is 0 Å². The molecular formula is C31H29Cl2F2N7O. The van der Waals surface area contributed by atoms with E-state index >= 15 is 8.78 Å². The highest BCUT2D eigenvalue weighted by molar-refractivity contribution is 6.31. The van der Waals surface area contributed by atoms with E-state index in [1.807, 2.05) is 20.8 Å². The molecule has 1 aliphatic rings. The van der Waals surface area contributed by atoms with Crippen LogP contribution in [-0.4, -0.2) is 38.2 Å². The number of carbonyl (C=O) groups is 1. The van der Waals surface area contributed by atoms with Crippen LogP contribution in [-0.2, 0) is 17.3 Å². The summed E-state index contributed by atoms with van der Waals surface area (Å²) in [6.45, 7) is 5.93. The van der Waals surface area contributed by atoms with Gasteiger partial charge in [-0.25, -0.2) is 8.78 Å². The Morgan fingerprint density at radius 3 is 2.53 bits per heavy atom. The summed E-state index contributed by atoms with van der Waals surface area (Å²) in [6.07, 6.45) is 0.360. The molecule has 12 heteroatoms. The van der Waals surface area contributed by atoms with Crippen molar-refractivity contribution in [3.63, 3.8) is 0 Å². The summed E-state index contributed by atoms with van der Waals surface area (Å²) in [5.74, 6) is -2.87. The third kappa shape index (κ3) is 5.85. The Morgan fingerprint density at radius 1 is 1.14 bits per heavy atom. The Labute approximate surface area is 258 Å². The number of aromatic nitrogens is 4. The standard InChI is InChI=1S/C31H29Cl2F2N7O/c1-30(2,3)15-24-31(16-36,21-12-11-18(32)14-23(21)34)25(20-9-6-10-22(33)26(20)35)27(38-24)29(43)37-19-8-5-7-17(13-19)28-39-41-42(4)40-28/h5-14,24-25,27,38H,15H2,1-4H3,(H,37,43). The van der Waals surface area contributed by atoms with Gasteiger partial charge >= 0.3 is 0 Å². The van der Waals surface area contributed by atoms with E-state index in [9.17, 15) is 10.1 Å². The van der Waals surface area contributed by atoms with Gasteiger partial charge in [0, 0.05) is 33.8 Å². The molecule has 2 N–H and O–H groups in total. The number of benzene rings is 3. The lowest BCUT2D eigenvalue weighted by atomic mass is 9.62. The average Bonchev–Trinajstić information content (AvgIpc) is 3.51. The Balaban J connectivity index is 1.66. The topological polar surface area (TPSA) is 109 Å². The van der Waals surface area contributed by atoms with E-state index in [1.54, 1.807) is 37.4 Å². The maximum absolute atomic E-state index is 15.8. The lowest BCUT2D eigenvalue weighted by Crippen LogP contribution is -2.45. The summed E-state index contributed by atoms with van der Waals surface area (Å²) in [7, 11) is 1.64. The number of carbonyl (C=O) groups excluding carboxylic acids is 1. The lowest BCUT2D eigenvalue weighted by Gasteiger charge is -2.37. The van der Waals surface area contributed by atoms with Crippen molar-refractivity contribution in [3.05, 3.63) is 93.5 Å². The number of tetrazole rings is 1. The van der Waals surface area contributed by atoms with Crippen LogP contribution in [0.2, 0.25) is 10.0 Å². The molecule has 8 nitrogen and oxygen atoms in total. The molecule has 0 saturated carbocycles. The summed E-state index contributed by atoms with van der Waals surface area (Å²) in [6, 6.07) is 15.7. The van der Waals surface area contributed by atoms with E-state index in [4.69, 9.17) is 23.2 Å². The van der Waals surface area contributed by atoms with Crippen molar-refractivity contribution in [3.8, 4) is 17.5 Å². The SMILES string of the molecule is Cn1nnc(-c2cccc(NC(=O)C3NC(CC(C)(C)C)C(C#N)(c4ccc(Cl)cc4F)C3c3cccc(Cl)c3F)c2)n1. The minimum atomic E-state index is -1.72. The molecule has 1 amide bonds. The first-order chi connectivity index (χ1) is 20.3. The van der Waals surface area contributed by atoms with Crippen LogP contribution in [0.5, 0.6) is 0 Å². The quantitative estimate of drug-likeness (QED) is 0.256. The van der Waals surface area contributed by atoms with Crippen LogP contribution in [0.15, 0.2) is 60.7 Å². The minimum Gasteiger partial charge on any atom is -0.325 e. The van der Waals surface area contributed by atoms with Crippen molar-refractivity contribution in [2.24, 2.45) is 12.5 Å². The van der Waals surface area contributed by atoms with Gasteiger partial charge in [0.05, 0.1) is 24.2 Å². The van der Waals surface area contributed by atoms with Gasteiger partial charge in [0.1, 0.15) is 17.0 Å². The first-order valence-electron chi connectivity index (χ1n) is 13.6. The zero-order valence-electron chi connectivity index (χ0n) is 23.9. The number of nitrogens with one attached hydrogen (secondary N) is 2. The predicted octanol–water partition coefficient (Wildman–Crippen LogP) is 6.42. The number of aryl methyl sites for hydroxylation is 1. The van der Waals surface area contributed by atoms with Crippen LogP contribution in [0, 0.1) is 28.4 Å². The van der Waals surface area contributed by atoms with Crippen LogP contribution >= 0.6 is 23.2 Å². The smallest absolute Gasteiger partial charge is 0.242 e. The van der Waals surface area contributed by atoms with Crippen molar-refractivity contribution >= 4 is 34.8 Å². The molecule has 1 aliphatic heterocycles. The van der Waals surface area contributed by atoms with Crippen LogP contribution < -0.4 is 10.6 Å². The van der Waals surface area contributed by atoms with Crippen LogP contribution in [0.25, 0.3) is 11.4 Å². The summed E-state index contributed by atoms with van der Waals surface area (Å²) in [4.78, 5) is 15.5. The largest absolute Gasteiger partial charge is 0.325 e. The van der Waals surface area contributed by atoms with Crippen molar-refractivity contribution in [1.29, 1.82) is 5.26 Å². The molecule has 3 aromatic carbocycles. The molecule has 4 aromatic rings. The van der Waals surface area contributed by atoms with Gasteiger partial charge in [-0.1, -0.05) is 74.3 Å². The molecule has 0 radical (unpaired) electrons. The van der Waals surface area contributed by atoms with Crippen LogP contribution in [0.3, 0.4) is 0 Å². The van der Waals surface area contributed by atoms with Gasteiger partial charge in [0.2, 0.25) is 11.7 Å². The lowest BCUT2D eigenvalue weighted by molar-refractivity contribution is -0.118. The first-order valence-corrected chi connectivity index (χ1v) is 14.3. The van der Waals surface area contributed by atoms with E-state index in [-0.39, 0.29) is 26.6 Å². The fourth-order valence-corrected chi connectivity index (χ4v) is 6.25. The number of nitriles is 1. The third-order valence-corrected chi connectivity index (χ3v) is 8.16. The van der Waals surface area contributed by atoms with E-state index in [2.05, 4.69) is 32.1 Å². The zero-order chi connectivity index (χ0) is 31.1. The maximum atomic E-state index is 15.8. The van der Waals surface area contributed by atoms with Crippen LogP contribution in [0.4, 0.5) is 14.5 Å². The predicted molar refractivity (Wildman–Crippen MR) is 160 cm³/mol. The molecule has 0 aliphatic carbocycles. The molecule has 222 valence electrons. The Bertz CT molecular complexity index is 1730. The summed E-state index contributed by atoms with van der Waals surface area (Å²) in [5, 5.41) is 29.2. The third-order valence-electron chi connectivity index (χ3n) is 7.63. The van der Waals surface area contributed by atoms with Gasteiger partial charge in [-0.2, -0.15) is 10.1 Å². The molecule has 0 spiro atoms. The number of hydrogen-bond donors (Lipinski definition) is 2. The summed E-state index contributed by atoms with van der Waals surface area (Å²) >= 11 is 12.3. The van der Waals surface area contributed by atoms with Gasteiger partial charge in [-0.3, -0.25) is 4.79 Å². The van der Waals surface area contributed by atoms with E-state index < -0.39 is 41.0 Å². The summed E-state index contributed by atoms with van der Waals surface area (Å²) < 4.78 is 31.6. The Kier molecular flexibility index (Phi) is 8.27. The fraction of sp³-hybridized carbons (Fsp3) is 0.323. The molecule has 1 fully saturated rings. The summed E-state index contributed by atoms with van der Waals surface area (Å²) in [5.41, 5.74) is -1.02. The zero-order valence-corrected chi connectivity index (χ0v) is 25.4. The monoisotopic (exact) mass is 623 g/mol. The minimum absolute atomic E-state index is 0.0107. The second-order valence-corrected chi connectivity index (χ2v) is 12.7. The molecule has 5 rings (SSSR count). The van der Waals surface area contributed by atoms with E-state index in [0.29, 0.717) is 23.5 Å². The van der Waals surface area contributed by atoms with E-state index in [1.165, 1.54) is 29.1 Å². The van der Waals surface area contributed by atoms with Crippen molar-refractivity contribution in [1.82, 2.24) is 25.5 Å². The highest BCUT2D eigenvalue weighted by atomic mass is 35.5. The van der Waals surface area contributed by atoms with Gasteiger partial charge in [-0.05, 0) is 52.9 Å². The molecule has 2 heterocycles. The number of nitrogens with zero attached hydrogens (tertiary/aromatic N) is 5. The molecule has 4 unspecified atom stereocenters. The van der Waals surface area contributed by atoms with Gasteiger partial charge in [-0.15, -0.1) is 10.2 Å². The second-order valence-electron chi connectivity index (χ2n) is 11.9. The molecule has 43 heavy (non-hydrogen) atoms. The highest BCUT2D eigenvalue weighted by Gasteiger charge is 2.61. The van der Waals surface area contributed by atoms with Gasteiger partial charge < -0.3 is 10.6 Å². The highest BCUT2D eigenvalue weighted by Crippen LogP contribution is 2.53. The number of amides is 1. The van der Waals surface area contributed by atoms with E-state index in [0.717, 1.165) is 6.07 Å². The number of hydrogen-bond acceptors (Lipinski definition) is 6. The first kappa shape index (κ1) is 30.5. The molecule has 4 atom stereocenters. The normalized spacial score (nSPS) is 21.9. The van der Waals surface area contributed by atoms with Crippen molar-refractivity contribution in [2.45, 2.75) is 50.6 Å². The van der Waals surface area contributed by atoms with Crippen LogP contribution in [0.1, 0.15) is 44.2 Å². The molecular weight excluding hydrogens is 595 g/mol. The number of anilines is 1. The van der Waals surface area contributed by atoms with Crippen molar-refractivity contribution < 1.29 is 13.6 Å². The number of halogens is 4. The fourth-order valence-electron chi connectivity index (χ4n) is 5.91.